The van der Waals surface area contributed by atoms with Gasteiger partial charge in [0.05, 0.1) is 12.0 Å². The average molecular weight is 322 g/mol. The summed E-state index contributed by atoms with van der Waals surface area (Å²) >= 11 is 0. The van der Waals surface area contributed by atoms with Gasteiger partial charge in [0, 0.05) is 29.7 Å². The van der Waals surface area contributed by atoms with Gasteiger partial charge in [0.2, 0.25) is 0 Å². The summed E-state index contributed by atoms with van der Waals surface area (Å²) < 4.78 is 5.41. The maximum absolute atomic E-state index is 12.3. The molecule has 0 saturated carbocycles. The van der Waals surface area contributed by atoms with Gasteiger partial charge in [0.25, 0.3) is 0 Å². The first kappa shape index (κ1) is 14.3. The van der Waals surface area contributed by atoms with Crippen molar-refractivity contribution >= 4 is 16.9 Å². The minimum atomic E-state index is -0.00788. The Hall–Kier alpha value is -2.07. The summed E-state index contributed by atoms with van der Waals surface area (Å²) in [5.41, 5.74) is 5.38. The molecular formula is C20H22N2O2. The molecule has 1 N–H and O–H groups in total. The van der Waals surface area contributed by atoms with Crippen LogP contribution in [-0.2, 0) is 16.0 Å². The summed E-state index contributed by atoms with van der Waals surface area (Å²) in [6.07, 6.45) is 4.22. The number of carbonyl (C=O) groups is 1. The predicted molar refractivity (Wildman–Crippen MR) is 92.6 cm³/mol. The molecule has 0 bridgehead atoms. The van der Waals surface area contributed by atoms with Crippen LogP contribution in [0.3, 0.4) is 0 Å². The van der Waals surface area contributed by atoms with Gasteiger partial charge in [-0.3, -0.25) is 9.69 Å². The van der Waals surface area contributed by atoms with Crippen molar-refractivity contribution < 1.29 is 9.53 Å². The van der Waals surface area contributed by atoms with E-state index in [9.17, 15) is 4.79 Å². The van der Waals surface area contributed by atoms with Crippen molar-refractivity contribution in [2.45, 2.75) is 25.8 Å². The molecule has 1 aromatic heterocycles. The SMILES string of the molecule is C/C=C1\COC(=O)C2CN3CCc4c([nH]c5ccccc45)C3CC12. The van der Waals surface area contributed by atoms with Crippen molar-refractivity contribution in [3.05, 3.63) is 47.2 Å². The Kier molecular flexibility index (Phi) is 3.10. The summed E-state index contributed by atoms with van der Waals surface area (Å²) in [6, 6.07) is 8.99. The molecular weight excluding hydrogens is 300 g/mol. The van der Waals surface area contributed by atoms with Crippen molar-refractivity contribution in [1.29, 1.82) is 0 Å². The van der Waals surface area contributed by atoms with E-state index < -0.39 is 0 Å². The Labute approximate surface area is 141 Å². The molecule has 3 unspecified atom stereocenters. The predicted octanol–water partition coefficient (Wildman–Crippen LogP) is 3.21. The number of piperidine rings is 1. The number of rotatable bonds is 0. The van der Waals surface area contributed by atoms with Gasteiger partial charge >= 0.3 is 5.97 Å². The Bertz CT molecular complexity index is 850. The van der Waals surface area contributed by atoms with E-state index >= 15 is 0 Å². The number of hydrogen-bond donors (Lipinski definition) is 1. The number of hydrogen-bond acceptors (Lipinski definition) is 3. The molecule has 24 heavy (non-hydrogen) atoms. The van der Waals surface area contributed by atoms with Crippen LogP contribution in [0.4, 0.5) is 0 Å². The largest absolute Gasteiger partial charge is 0.461 e. The van der Waals surface area contributed by atoms with E-state index in [2.05, 4.69) is 47.1 Å². The summed E-state index contributed by atoms with van der Waals surface area (Å²) in [5.74, 6) is 0.327. The lowest BCUT2D eigenvalue weighted by Gasteiger charge is -2.47. The van der Waals surface area contributed by atoms with Crippen molar-refractivity contribution in [2.24, 2.45) is 11.8 Å². The molecule has 0 spiro atoms. The van der Waals surface area contributed by atoms with Crippen LogP contribution in [0, 0.1) is 11.8 Å². The molecule has 3 aliphatic rings. The molecule has 3 aliphatic heterocycles. The second-order valence-electron chi connectivity index (χ2n) is 7.24. The van der Waals surface area contributed by atoms with Gasteiger partial charge in [-0.1, -0.05) is 24.3 Å². The number of cyclic esters (lactones) is 1. The summed E-state index contributed by atoms with van der Waals surface area (Å²) in [5, 5.41) is 1.36. The normalized spacial score (nSPS) is 31.5. The number of fused-ring (bicyclic) bond motifs is 6. The monoisotopic (exact) mass is 322 g/mol. The van der Waals surface area contributed by atoms with Gasteiger partial charge in [-0.15, -0.1) is 0 Å². The minimum Gasteiger partial charge on any atom is -0.461 e. The van der Waals surface area contributed by atoms with E-state index in [1.54, 1.807) is 0 Å². The lowest BCUT2D eigenvalue weighted by molar-refractivity contribution is -0.157. The fourth-order valence-electron chi connectivity index (χ4n) is 4.95. The molecule has 0 aliphatic carbocycles. The number of nitrogens with one attached hydrogen (secondary N) is 1. The van der Waals surface area contributed by atoms with Crippen molar-refractivity contribution in [3.8, 4) is 0 Å². The topological polar surface area (TPSA) is 45.3 Å². The summed E-state index contributed by atoms with van der Waals surface area (Å²) in [7, 11) is 0. The highest BCUT2D eigenvalue weighted by Gasteiger charge is 2.46. The first-order chi connectivity index (χ1) is 11.8. The smallest absolute Gasteiger partial charge is 0.311 e. The Morgan fingerprint density at radius 2 is 2.17 bits per heavy atom. The third-order valence-corrected chi connectivity index (χ3v) is 6.19. The van der Waals surface area contributed by atoms with E-state index in [1.807, 2.05) is 0 Å². The van der Waals surface area contributed by atoms with Crippen molar-refractivity contribution in [1.82, 2.24) is 9.88 Å². The average Bonchev–Trinajstić information content (AvgIpc) is 3.00. The summed E-state index contributed by atoms with van der Waals surface area (Å²) in [4.78, 5) is 18.4. The quantitative estimate of drug-likeness (QED) is 0.598. The molecule has 1 aromatic carbocycles. The molecule has 3 atom stereocenters. The standard InChI is InChI=1S/C20H22N2O2/c1-2-12-11-24-20(23)16-10-22-8-7-14-13-5-3-4-6-17(13)21-19(14)18(22)9-15(12)16/h2-6,15-16,18,21H,7-11H2,1H3/b12-2+. The van der Waals surface area contributed by atoms with E-state index in [0.29, 0.717) is 18.6 Å². The second kappa shape index (κ2) is 5.21. The van der Waals surface area contributed by atoms with Crippen LogP contribution < -0.4 is 0 Å². The Morgan fingerprint density at radius 1 is 1.29 bits per heavy atom. The van der Waals surface area contributed by atoms with Crippen molar-refractivity contribution in [2.75, 3.05) is 19.7 Å². The van der Waals surface area contributed by atoms with E-state index in [4.69, 9.17) is 4.74 Å². The van der Waals surface area contributed by atoms with Gasteiger partial charge in [-0.2, -0.15) is 0 Å². The zero-order chi connectivity index (χ0) is 16.3. The maximum atomic E-state index is 12.3. The highest BCUT2D eigenvalue weighted by molar-refractivity contribution is 5.85. The van der Waals surface area contributed by atoms with Gasteiger partial charge in [-0.25, -0.2) is 0 Å². The zero-order valence-electron chi connectivity index (χ0n) is 13.9. The number of benzene rings is 1. The van der Waals surface area contributed by atoms with Gasteiger partial charge in [-0.05, 0) is 42.9 Å². The first-order valence-electron chi connectivity index (χ1n) is 8.91. The number of para-hydroxylation sites is 1. The van der Waals surface area contributed by atoms with Crippen LogP contribution in [0.25, 0.3) is 10.9 Å². The van der Waals surface area contributed by atoms with E-state index in [0.717, 1.165) is 25.9 Å². The highest BCUT2D eigenvalue weighted by Crippen LogP contribution is 2.46. The molecule has 124 valence electrons. The second-order valence-corrected chi connectivity index (χ2v) is 7.24. The zero-order valence-corrected chi connectivity index (χ0v) is 13.9. The van der Waals surface area contributed by atoms with Gasteiger partial charge in [0.1, 0.15) is 6.61 Å². The van der Waals surface area contributed by atoms with Crippen LogP contribution >= 0.6 is 0 Å². The molecule has 2 fully saturated rings. The van der Waals surface area contributed by atoms with Crippen LogP contribution in [0.1, 0.15) is 30.6 Å². The number of H-pyrrole nitrogens is 1. The Morgan fingerprint density at radius 3 is 3.04 bits per heavy atom. The van der Waals surface area contributed by atoms with Gasteiger partial charge in [0.15, 0.2) is 0 Å². The number of allylic oxidation sites excluding steroid dienone is 1. The molecule has 4 heteroatoms. The fraction of sp³-hybridized carbons (Fsp3) is 0.450. The Balaban J connectivity index is 1.57. The molecule has 2 saturated heterocycles. The van der Waals surface area contributed by atoms with Crippen molar-refractivity contribution in [3.63, 3.8) is 0 Å². The van der Waals surface area contributed by atoms with Crippen LogP contribution in [-0.4, -0.2) is 35.5 Å². The lowest BCUT2D eigenvalue weighted by atomic mass is 9.74. The first-order valence-corrected chi connectivity index (χ1v) is 8.91. The number of aromatic amines is 1. The molecule has 0 amide bonds. The maximum Gasteiger partial charge on any atom is 0.311 e. The summed E-state index contributed by atoms with van der Waals surface area (Å²) in [6.45, 7) is 4.39. The minimum absolute atomic E-state index is 0.00660. The molecule has 0 radical (unpaired) electrons. The highest BCUT2D eigenvalue weighted by atomic mass is 16.5. The third-order valence-electron chi connectivity index (χ3n) is 6.19. The molecule has 2 aromatic rings. The van der Waals surface area contributed by atoms with Crippen LogP contribution in [0.5, 0.6) is 0 Å². The van der Waals surface area contributed by atoms with Crippen LogP contribution in [0.2, 0.25) is 0 Å². The van der Waals surface area contributed by atoms with Crippen LogP contribution in [0.15, 0.2) is 35.9 Å². The number of nitrogens with zero attached hydrogens (tertiary/aromatic N) is 1. The number of carbonyl (C=O) groups excluding carboxylic acids is 1. The van der Waals surface area contributed by atoms with Gasteiger partial charge < -0.3 is 9.72 Å². The molecule has 5 rings (SSSR count). The fourth-order valence-corrected chi connectivity index (χ4v) is 4.95. The number of esters is 1. The van der Waals surface area contributed by atoms with E-state index in [-0.39, 0.29) is 11.9 Å². The molecule has 4 heterocycles. The lowest BCUT2D eigenvalue weighted by Crippen LogP contribution is -2.51. The number of aromatic nitrogens is 1. The number of ether oxygens (including phenoxy) is 1. The molecule has 4 nitrogen and oxygen atoms in total. The third kappa shape index (κ3) is 1.92. The van der Waals surface area contributed by atoms with E-state index in [1.165, 1.54) is 27.7 Å².